The predicted molar refractivity (Wildman–Crippen MR) is 112 cm³/mol. The summed E-state index contributed by atoms with van der Waals surface area (Å²) < 4.78 is 22.7. The highest BCUT2D eigenvalue weighted by atomic mass is 32.2. The van der Waals surface area contributed by atoms with Gasteiger partial charge in [-0.15, -0.1) is 0 Å². The number of primary sulfonamides is 1. The van der Waals surface area contributed by atoms with E-state index in [4.69, 9.17) is 5.14 Å². The summed E-state index contributed by atoms with van der Waals surface area (Å²) in [4.78, 5) is 26.9. The van der Waals surface area contributed by atoms with E-state index in [0.717, 1.165) is 36.8 Å². The second kappa shape index (κ2) is 8.20. The maximum absolute atomic E-state index is 12.9. The van der Waals surface area contributed by atoms with Crippen molar-refractivity contribution in [2.75, 3.05) is 0 Å². The third-order valence-electron chi connectivity index (χ3n) is 5.40. The van der Waals surface area contributed by atoms with Gasteiger partial charge < -0.3 is 10.2 Å². The summed E-state index contributed by atoms with van der Waals surface area (Å²) in [6.45, 7) is 0.489. The molecule has 7 nitrogen and oxygen atoms in total. The van der Waals surface area contributed by atoms with E-state index < -0.39 is 10.0 Å². The number of rotatable bonds is 8. The molecule has 0 bridgehead atoms. The van der Waals surface area contributed by atoms with E-state index >= 15 is 0 Å². The Morgan fingerprint density at radius 1 is 0.933 bits per heavy atom. The Morgan fingerprint density at radius 2 is 1.53 bits per heavy atom. The molecule has 8 heteroatoms. The first-order valence-corrected chi connectivity index (χ1v) is 11.7. The Kier molecular flexibility index (Phi) is 5.62. The molecule has 2 amide bonds. The predicted octanol–water partition coefficient (Wildman–Crippen LogP) is 1.96. The van der Waals surface area contributed by atoms with E-state index in [9.17, 15) is 18.0 Å². The molecule has 2 aromatic carbocycles. The van der Waals surface area contributed by atoms with Crippen molar-refractivity contribution in [1.82, 2.24) is 10.2 Å². The maximum Gasteiger partial charge on any atom is 0.251 e. The van der Waals surface area contributed by atoms with Crippen LogP contribution in [0.25, 0.3) is 0 Å². The van der Waals surface area contributed by atoms with E-state index in [1.54, 1.807) is 24.3 Å². The van der Waals surface area contributed by atoms with Gasteiger partial charge in [-0.1, -0.05) is 24.3 Å². The molecule has 0 aliphatic heterocycles. The molecule has 0 heterocycles. The van der Waals surface area contributed by atoms with Gasteiger partial charge >= 0.3 is 0 Å². The number of benzene rings is 2. The van der Waals surface area contributed by atoms with Gasteiger partial charge in [0, 0.05) is 24.2 Å². The first-order valence-electron chi connectivity index (χ1n) is 10.1. The topological polar surface area (TPSA) is 110 Å². The molecular weight excluding hydrogens is 402 g/mol. The number of nitrogens with one attached hydrogen (secondary N) is 1. The molecule has 0 atom stereocenters. The number of nitrogens with zero attached hydrogens (tertiary/aromatic N) is 1. The minimum Gasteiger partial charge on any atom is -0.349 e. The number of carbonyl (C=O) groups excluding carboxylic acids is 2. The molecule has 0 aromatic heterocycles. The molecule has 2 fully saturated rings. The van der Waals surface area contributed by atoms with Crippen LogP contribution in [0.3, 0.4) is 0 Å². The highest BCUT2D eigenvalue weighted by Crippen LogP contribution is 2.29. The van der Waals surface area contributed by atoms with Gasteiger partial charge in [0.05, 0.1) is 11.3 Å². The van der Waals surface area contributed by atoms with E-state index in [0.29, 0.717) is 18.2 Å². The van der Waals surface area contributed by atoms with Crippen molar-refractivity contribution in [3.8, 4) is 0 Å². The quantitative estimate of drug-likeness (QED) is 0.671. The molecule has 2 saturated carbocycles. The van der Waals surface area contributed by atoms with Gasteiger partial charge in [0.2, 0.25) is 15.9 Å². The number of sulfonamides is 1. The third kappa shape index (κ3) is 5.25. The standard InChI is InChI=1S/C22H25N3O4S/c23-30(28,29)20-11-3-15(4-12-20)13-21(26)25(19-9-10-19)14-16-1-5-17(6-2-16)22(27)24-18-7-8-18/h1-6,11-12,18-19H,7-10,13-14H2,(H,24,27)(H2,23,28,29). The van der Waals surface area contributed by atoms with E-state index in [-0.39, 0.29) is 29.2 Å². The molecule has 0 unspecified atom stereocenters. The van der Waals surface area contributed by atoms with E-state index in [2.05, 4.69) is 5.32 Å². The Hall–Kier alpha value is -2.71. The zero-order valence-corrected chi connectivity index (χ0v) is 17.4. The first kappa shape index (κ1) is 20.6. The van der Waals surface area contributed by atoms with Crippen LogP contribution in [0.2, 0.25) is 0 Å². The van der Waals surface area contributed by atoms with Gasteiger partial charge in [-0.25, -0.2) is 13.6 Å². The summed E-state index contributed by atoms with van der Waals surface area (Å²) in [7, 11) is -3.75. The lowest BCUT2D eigenvalue weighted by molar-refractivity contribution is -0.131. The largest absolute Gasteiger partial charge is 0.349 e. The molecule has 30 heavy (non-hydrogen) atoms. The van der Waals surface area contributed by atoms with E-state index in [1.165, 1.54) is 12.1 Å². The summed E-state index contributed by atoms with van der Waals surface area (Å²) in [5.74, 6) is -0.0569. The Balaban J connectivity index is 1.39. The van der Waals surface area contributed by atoms with Crippen molar-refractivity contribution in [3.05, 3.63) is 65.2 Å². The third-order valence-corrected chi connectivity index (χ3v) is 6.33. The normalized spacial score (nSPS) is 16.2. The first-order chi connectivity index (χ1) is 14.3. The van der Waals surface area contributed by atoms with Gasteiger partial charge in [0.25, 0.3) is 5.91 Å². The molecule has 2 aromatic rings. The van der Waals surface area contributed by atoms with Crippen molar-refractivity contribution in [1.29, 1.82) is 0 Å². The van der Waals surface area contributed by atoms with Crippen LogP contribution in [0.4, 0.5) is 0 Å². The lowest BCUT2D eigenvalue weighted by Crippen LogP contribution is -2.33. The summed E-state index contributed by atoms with van der Waals surface area (Å²) in [6, 6.07) is 14.0. The van der Waals surface area contributed by atoms with Crippen LogP contribution in [0.1, 0.15) is 47.2 Å². The van der Waals surface area contributed by atoms with Crippen LogP contribution in [0.5, 0.6) is 0 Å². The Labute approximate surface area is 176 Å². The molecule has 2 aliphatic carbocycles. The molecule has 3 N–H and O–H groups in total. The second-order valence-corrected chi connectivity index (χ2v) is 9.62. The summed E-state index contributed by atoms with van der Waals surface area (Å²) in [6.07, 6.45) is 4.26. The molecule has 0 radical (unpaired) electrons. The van der Waals surface area contributed by atoms with Crippen LogP contribution in [-0.2, 0) is 27.8 Å². The Bertz CT molecular complexity index is 1040. The van der Waals surface area contributed by atoms with Crippen molar-refractivity contribution in [3.63, 3.8) is 0 Å². The molecule has 0 spiro atoms. The average Bonchev–Trinajstić information content (AvgIpc) is 3.61. The van der Waals surface area contributed by atoms with Gasteiger partial charge in [0.15, 0.2) is 0 Å². The monoisotopic (exact) mass is 427 g/mol. The molecule has 0 saturated heterocycles. The molecule has 2 aliphatic rings. The molecular formula is C22H25N3O4S. The van der Waals surface area contributed by atoms with Crippen molar-refractivity contribution >= 4 is 21.8 Å². The smallest absolute Gasteiger partial charge is 0.251 e. The zero-order valence-electron chi connectivity index (χ0n) is 16.6. The van der Waals surface area contributed by atoms with Gasteiger partial charge in [-0.2, -0.15) is 0 Å². The number of hydrogen-bond acceptors (Lipinski definition) is 4. The summed E-state index contributed by atoms with van der Waals surface area (Å²) in [5.41, 5.74) is 2.35. The second-order valence-electron chi connectivity index (χ2n) is 8.06. The van der Waals surface area contributed by atoms with Crippen molar-refractivity contribution in [2.45, 2.75) is 55.6 Å². The number of hydrogen-bond donors (Lipinski definition) is 2. The fourth-order valence-corrected chi connectivity index (χ4v) is 3.85. The van der Waals surface area contributed by atoms with E-state index in [1.807, 2.05) is 17.0 Å². The highest BCUT2D eigenvalue weighted by Gasteiger charge is 2.32. The van der Waals surface area contributed by atoms with Gasteiger partial charge in [-0.3, -0.25) is 9.59 Å². The number of amides is 2. The number of carbonyl (C=O) groups is 2. The summed E-state index contributed by atoms with van der Waals surface area (Å²) in [5, 5.41) is 8.09. The fourth-order valence-electron chi connectivity index (χ4n) is 3.33. The summed E-state index contributed by atoms with van der Waals surface area (Å²) >= 11 is 0. The lowest BCUT2D eigenvalue weighted by Gasteiger charge is -2.23. The van der Waals surface area contributed by atoms with Crippen molar-refractivity contribution in [2.24, 2.45) is 5.14 Å². The maximum atomic E-state index is 12.9. The van der Waals surface area contributed by atoms with Crippen LogP contribution in [0, 0.1) is 0 Å². The fraction of sp³-hybridized carbons (Fsp3) is 0.364. The van der Waals surface area contributed by atoms with Crippen molar-refractivity contribution < 1.29 is 18.0 Å². The molecule has 4 rings (SSSR count). The Morgan fingerprint density at radius 3 is 2.07 bits per heavy atom. The SMILES string of the molecule is NS(=O)(=O)c1ccc(CC(=O)N(Cc2ccc(C(=O)NC3CC3)cc2)C2CC2)cc1. The van der Waals surface area contributed by atoms with Gasteiger partial charge in [-0.05, 0) is 61.1 Å². The lowest BCUT2D eigenvalue weighted by atomic mass is 10.1. The minimum absolute atomic E-state index is 0.00333. The number of nitrogens with two attached hydrogens (primary N) is 1. The molecule has 158 valence electrons. The minimum atomic E-state index is -3.75. The van der Waals surface area contributed by atoms with Crippen LogP contribution >= 0.6 is 0 Å². The van der Waals surface area contributed by atoms with Crippen LogP contribution < -0.4 is 10.5 Å². The van der Waals surface area contributed by atoms with Gasteiger partial charge in [0.1, 0.15) is 0 Å². The van der Waals surface area contributed by atoms with Crippen LogP contribution in [0.15, 0.2) is 53.4 Å². The zero-order chi connectivity index (χ0) is 21.3. The average molecular weight is 428 g/mol. The van der Waals surface area contributed by atoms with Crippen LogP contribution in [-0.4, -0.2) is 37.2 Å². The highest BCUT2D eigenvalue weighted by molar-refractivity contribution is 7.89.